The second kappa shape index (κ2) is 13.1. The second-order valence-electron chi connectivity index (χ2n) is 13.9. The first kappa shape index (κ1) is 31.3. The molecule has 0 fully saturated rings. The van der Waals surface area contributed by atoms with E-state index < -0.39 is 24.5 Å². The van der Waals surface area contributed by atoms with Crippen molar-refractivity contribution in [3.8, 4) is 0 Å². The molecular weight excluding hydrogens is 603 g/mol. The molecule has 1 atom stereocenters. The van der Waals surface area contributed by atoms with Crippen LogP contribution in [0.1, 0.15) is 69.9 Å². The third kappa shape index (κ3) is 8.23. The Morgan fingerprint density at radius 3 is 1.12 bits per heavy atom. The van der Waals surface area contributed by atoms with Crippen molar-refractivity contribution < 1.29 is 5.11 Å². The van der Waals surface area contributed by atoms with Crippen LogP contribution in [0.2, 0.25) is 13.3 Å². The zero-order valence-electron chi connectivity index (χ0n) is 25.8. The zero-order valence-corrected chi connectivity index (χ0v) is 28.7. The Kier molecular flexibility index (Phi) is 10.0. The van der Waals surface area contributed by atoms with Gasteiger partial charge in [-0.1, -0.05) is 0 Å². The van der Waals surface area contributed by atoms with Gasteiger partial charge in [0.2, 0.25) is 0 Å². The van der Waals surface area contributed by atoms with E-state index in [1.54, 1.807) is 0 Å². The fourth-order valence-electron chi connectivity index (χ4n) is 7.04. The molecule has 0 heterocycles. The van der Waals surface area contributed by atoms with Crippen LogP contribution in [0.15, 0.2) is 131 Å². The fourth-order valence-corrected chi connectivity index (χ4v) is 27.6. The van der Waals surface area contributed by atoms with E-state index in [0.717, 1.165) is 18.9 Å². The van der Waals surface area contributed by atoms with E-state index in [4.69, 9.17) is 0 Å². The van der Waals surface area contributed by atoms with Crippen LogP contribution in [-0.4, -0.2) is 23.5 Å². The number of hydrogen-bond donors (Lipinski definition) is 1. The van der Waals surface area contributed by atoms with Crippen molar-refractivity contribution in [1.82, 2.24) is 0 Å². The van der Waals surface area contributed by atoms with Crippen LogP contribution in [0.3, 0.4) is 0 Å². The average molecular weight is 652 g/mol. The number of rotatable bonds is 12. The summed E-state index contributed by atoms with van der Waals surface area (Å²) in [6, 6.07) is 43.2. The Hall–Kier alpha value is -2.62. The number of benzene rings is 4. The summed E-state index contributed by atoms with van der Waals surface area (Å²) in [7, 11) is 0. The van der Waals surface area contributed by atoms with Crippen LogP contribution in [0.5, 0.6) is 0 Å². The van der Waals surface area contributed by atoms with Crippen molar-refractivity contribution in [3.63, 3.8) is 0 Å². The van der Waals surface area contributed by atoms with Gasteiger partial charge in [0.25, 0.3) is 0 Å². The maximum atomic E-state index is 11.4. The van der Waals surface area contributed by atoms with E-state index in [-0.39, 0.29) is 16.2 Å². The maximum absolute atomic E-state index is 11.4. The Bertz CT molecular complexity index is 1240. The zero-order chi connectivity index (χ0) is 29.6. The van der Waals surface area contributed by atoms with Gasteiger partial charge in [-0.25, -0.2) is 0 Å². The van der Waals surface area contributed by atoms with Gasteiger partial charge >= 0.3 is 254 Å². The van der Waals surface area contributed by atoms with Gasteiger partial charge in [0.05, 0.1) is 0 Å². The van der Waals surface area contributed by atoms with Gasteiger partial charge in [0, 0.05) is 0 Å². The van der Waals surface area contributed by atoms with Crippen LogP contribution in [0, 0.1) is 0 Å². The van der Waals surface area contributed by atoms with E-state index >= 15 is 0 Å². The molecule has 1 unspecified atom stereocenters. The molecule has 4 aromatic rings. The standard InChI is InChI=1S/3C10H13.C9H9O.Sn/c3*1-10(2,3)9-7-5-4-6-8-9;1-2-9(10)8-6-4-3-5-7-8;/h3*4-8H,1H2,2-3H3;1-7,9-10H;. The van der Waals surface area contributed by atoms with E-state index in [0.29, 0.717) is 0 Å². The summed E-state index contributed by atoms with van der Waals surface area (Å²) < 4.78 is 6.08. The molecule has 0 amide bonds. The Balaban J connectivity index is 1.86. The summed E-state index contributed by atoms with van der Waals surface area (Å²) in [5, 5.41) is 11.4. The van der Waals surface area contributed by atoms with Gasteiger partial charge < -0.3 is 0 Å². The minimum absolute atomic E-state index is 0.0128. The minimum atomic E-state index is -3.35. The van der Waals surface area contributed by atoms with Gasteiger partial charge in [-0.2, -0.15) is 0 Å². The second-order valence-corrected chi connectivity index (χ2v) is 25.6. The van der Waals surface area contributed by atoms with E-state index in [9.17, 15) is 5.11 Å². The molecule has 214 valence electrons. The van der Waals surface area contributed by atoms with Crippen molar-refractivity contribution in [1.29, 1.82) is 0 Å². The molecule has 41 heavy (non-hydrogen) atoms. The molecule has 1 nitrogen and oxygen atoms in total. The molecule has 4 aromatic carbocycles. The molecule has 0 saturated carbocycles. The molecule has 2 heteroatoms. The third-order valence-electron chi connectivity index (χ3n) is 8.82. The van der Waals surface area contributed by atoms with E-state index in [2.05, 4.69) is 143 Å². The van der Waals surface area contributed by atoms with Crippen LogP contribution in [0.4, 0.5) is 0 Å². The van der Waals surface area contributed by atoms with Gasteiger partial charge in [-0.3, -0.25) is 0 Å². The van der Waals surface area contributed by atoms with E-state index in [1.165, 1.54) is 16.7 Å². The normalized spacial score (nSPS) is 13.8. The predicted octanol–water partition coefficient (Wildman–Crippen LogP) is 10.2. The third-order valence-corrected chi connectivity index (χ3v) is 25.0. The molecule has 0 aromatic heterocycles. The van der Waals surface area contributed by atoms with E-state index in [1.807, 2.05) is 30.3 Å². The molecule has 4 rings (SSSR count). The van der Waals surface area contributed by atoms with Crippen molar-refractivity contribution in [2.75, 3.05) is 0 Å². The molecule has 0 bridgehead atoms. The first-order valence-electron chi connectivity index (χ1n) is 15.0. The Morgan fingerprint density at radius 1 is 0.512 bits per heavy atom. The summed E-state index contributed by atoms with van der Waals surface area (Å²) in [5.74, 6) is 0. The van der Waals surface area contributed by atoms with Crippen LogP contribution in [0.25, 0.3) is 0 Å². The van der Waals surface area contributed by atoms with Gasteiger partial charge in [-0.15, -0.1) is 0 Å². The molecule has 0 aliphatic heterocycles. The summed E-state index contributed by atoms with van der Waals surface area (Å²) in [6.07, 6.45) is 1.54. The van der Waals surface area contributed by atoms with Crippen molar-refractivity contribution in [3.05, 3.63) is 154 Å². The topological polar surface area (TPSA) is 20.2 Å². The summed E-state index contributed by atoms with van der Waals surface area (Å²) in [4.78, 5) is 0. The number of hydrogen-bond acceptors (Lipinski definition) is 1. The van der Waals surface area contributed by atoms with Gasteiger partial charge in [0.15, 0.2) is 0 Å². The summed E-state index contributed by atoms with van der Waals surface area (Å²) in [5.41, 5.74) is 5.18. The predicted molar refractivity (Wildman–Crippen MR) is 179 cm³/mol. The fraction of sp³-hybridized carbons (Fsp3) is 0.333. The molecule has 1 N–H and O–H groups in total. The van der Waals surface area contributed by atoms with Crippen molar-refractivity contribution >= 4 is 18.4 Å². The first-order chi connectivity index (χ1) is 19.4. The molecule has 0 aliphatic carbocycles. The molecule has 0 aliphatic rings. The monoisotopic (exact) mass is 652 g/mol. The van der Waals surface area contributed by atoms with Crippen molar-refractivity contribution in [2.24, 2.45) is 0 Å². The van der Waals surface area contributed by atoms with Crippen LogP contribution >= 0.6 is 0 Å². The molecule has 0 radical (unpaired) electrons. The Labute approximate surface area is 253 Å². The van der Waals surface area contributed by atoms with Crippen LogP contribution < -0.4 is 0 Å². The number of aliphatic hydroxyl groups is 1. The summed E-state index contributed by atoms with van der Waals surface area (Å²) in [6.45, 7) is 14.6. The molecule has 0 spiro atoms. The SMILES string of the molecule is CC(C)([CH2][Sn](/[CH]=C/C(O)c1ccccc1)([CH2]C(C)(C)c1ccccc1)[CH2]C(C)(C)c1ccccc1)c1ccccc1. The quantitative estimate of drug-likeness (QED) is 0.151. The van der Waals surface area contributed by atoms with Gasteiger partial charge in [0.1, 0.15) is 0 Å². The molecular formula is C39H48OSn. The average Bonchev–Trinajstić information content (AvgIpc) is 2.97. The van der Waals surface area contributed by atoms with Crippen LogP contribution in [-0.2, 0) is 16.2 Å². The Morgan fingerprint density at radius 2 is 0.805 bits per heavy atom. The molecule has 0 saturated heterocycles. The van der Waals surface area contributed by atoms with Gasteiger partial charge in [-0.05, 0) is 0 Å². The number of aliphatic hydroxyl groups excluding tert-OH is 1. The first-order valence-corrected chi connectivity index (χ1v) is 22.7. The summed E-state index contributed by atoms with van der Waals surface area (Å²) >= 11 is -3.35. The van der Waals surface area contributed by atoms with Crippen molar-refractivity contribution in [2.45, 2.75) is 77.2 Å².